The van der Waals surface area contributed by atoms with Gasteiger partial charge < -0.3 is 0 Å². The Morgan fingerprint density at radius 2 is 1.13 bits per heavy atom. The van der Waals surface area contributed by atoms with Crippen LogP contribution in [0, 0.1) is 0 Å². The molecule has 0 heterocycles. The molecule has 1 fully saturated rings. The molecule has 0 radical (unpaired) electrons. The molecule has 0 N–H and O–H groups in total. The minimum atomic E-state index is -0.693. The predicted molar refractivity (Wildman–Crippen MR) is 159 cm³/mol. The van der Waals surface area contributed by atoms with Gasteiger partial charge in [-0.2, -0.15) is 11.8 Å². The molecule has 0 unspecified atom stereocenters. The third-order valence-electron chi connectivity index (χ3n) is 8.83. The van der Waals surface area contributed by atoms with Crippen molar-refractivity contribution in [1.29, 1.82) is 0 Å². The third-order valence-corrected chi connectivity index (χ3v) is 10.4. The van der Waals surface area contributed by atoms with Crippen molar-refractivity contribution < 1.29 is 9.59 Å². The van der Waals surface area contributed by atoms with Gasteiger partial charge in [0, 0.05) is 39.2 Å². The molecule has 3 heteroatoms. The molecule has 2 nitrogen and oxygen atoms in total. The Bertz CT molecular complexity index is 1550. The summed E-state index contributed by atoms with van der Waals surface area (Å²) in [6.07, 6.45) is 4.97. The maximum atomic E-state index is 14.7. The molecule has 0 saturated heterocycles. The smallest absolute Gasteiger partial charge is 0.190 e. The average molecular weight is 527 g/mol. The topological polar surface area (TPSA) is 34.1 Å². The first-order valence-electron chi connectivity index (χ1n) is 13.9. The summed E-state index contributed by atoms with van der Waals surface area (Å²) in [5.74, 6) is 0.402. The van der Waals surface area contributed by atoms with Gasteiger partial charge in [0.05, 0.1) is 5.41 Å². The number of benzene rings is 4. The highest BCUT2D eigenvalue weighted by molar-refractivity contribution is 8.00. The van der Waals surface area contributed by atoms with E-state index in [1.54, 1.807) is 0 Å². The van der Waals surface area contributed by atoms with Gasteiger partial charge in [-0.25, -0.2) is 0 Å². The van der Waals surface area contributed by atoms with Crippen molar-refractivity contribution in [3.05, 3.63) is 154 Å². The molecule has 4 aromatic rings. The number of Topliss-reactive ketones (excluding diaryl/α,β-unsaturated/α-hetero) is 2. The van der Waals surface area contributed by atoms with Gasteiger partial charge in [-0.3, -0.25) is 9.59 Å². The average Bonchev–Trinajstić information content (AvgIpc) is 3.54. The maximum absolute atomic E-state index is 14.7. The van der Waals surface area contributed by atoms with Gasteiger partial charge in [-0.15, -0.1) is 0 Å². The van der Waals surface area contributed by atoms with Gasteiger partial charge in [0.15, 0.2) is 11.6 Å². The maximum Gasteiger partial charge on any atom is 0.190 e. The van der Waals surface area contributed by atoms with E-state index in [-0.39, 0.29) is 17.5 Å². The van der Waals surface area contributed by atoms with Crippen LogP contribution in [0.1, 0.15) is 74.6 Å². The molecule has 8 rings (SSSR count). The molecule has 39 heavy (non-hydrogen) atoms. The summed E-state index contributed by atoms with van der Waals surface area (Å²) in [4.78, 5) is 29.3. The number of allylic oxidation sites excluding steroid dienone is 2. The van der Waals surface area contributed by atoms with Gasteiger partial charge in [0.1, 0.15) is 0 Å². The molecule has 0 spiro atoms. The summed E-state index contributed by atoms with van der Waals surface area (Å²) in [6, 6.07) is 36.1. The summed E-state index contributed by atoms with van der Waals surface area (Å²) in [7, 11) is 0. The molecule has 4 aliphatic carbocycles. The summed E-state index contributed by atoms with van der Waals surface area (Å²) >= 11 is 1.99. The summed E-state index contributed by atoms with van der Waals surface area (Å²) in [5, 5.41) is 0.583. The first-order valence-corrected chi connectivity index (χ1v) is 15.0. The first kappa shape index (κ1) is 24.4. The van der Waals surface area contributed by atoms with E-state index in [1.165, 1.54) is 36.8 Å². The van der Waals surface area contributed by atoms with Crippen molar-refractivity contribution >= 4 is 23.3 Å². The van der Waals surface area contributed by atoms with Gasteiger partial charge in [-0.05, 0) is 35.1 Å². The van der Waals surface area contributed by atoms with Crippen molar-refractivity contribution in [2.75, 3.05) is 5.75 Å². The number of thioether (sulfide) groups is 1. The zero-order valence-electron chi connectivity index (χ0n) is 21.8. The summed E-state index contributed by atoms with van der Waals surface area (Å²) in [6.45, 7) is 0. The molecule has 0 aromatic heterocycles. The van der Waals surface area contributed by atoms with Crippen molar-refractivity contribution in [3.63, 3.8) is 0 Å². The van der Waals surface area contributed by atoms with Crippen molar-refractivity contribution in [3.8, 4) is 0 Å². The largest absolute Gasteiger partial charge is 0.289 e. The molecule has 192 valence electrons. The quantitative estimate of drug-likeness (QED) is 0.228. The summed E-state index contributed by atoms with van der Waals surface area (Å²) < 4.78 is 0. The number of hydrogen-bond donors (Lipinski definition) is 0. The highest BCUT2D eigenvalue weighted by atomic mass is 32.2. The van der Waals surface area contributed by atoms with Crippen LogP contribution < -0.4 is 0 Å². The van der Waals surface area contributed by atoms with Crippen LogP contribution in [0.25, 0.3) is 0 Å². The third kappa shape index (κ3) is 3.78. The highest BCUT2D eigenvalue weighted by Gasteiger charge is 2.56. The number of carbonyl (C=O) groups is 2. The molecular weight excluding hydrogens is 496 g/mol. The first-order chi connectivity index (χ1) is 19.2. The van der Waals surface area contributed by atoms with Crippen molar-refractivity contribution in [2.45, 2.75) is 42.3 Å². The zero-order chi connectivity index (χ0) is 26.4. The van der Waals surface area contributed by atoms with E-state index in [0.29, 0.717) is 27.5 Å². The van der Waals surface area contributed by atoms with Crippen LogP contribution in [0.15, 0.2) is 120 Å². The highest BCUT2D eigenvalue weighted by Crippen LogP contribution is 2.61. The number of rotatable bonds is 7. The lowest BCUT2D eigenvalue weighted by molar-refractivity contribution is 0.0981. The Balaban J connectivity index is 1.55. The second-order valence-electron chi connectivity index (χ2n) is 10.9. The van der Waals surface area contributed by atoms with Crippen LogP contribution in [-0.2, 0) is 5.41 Å². The fraction of sp³-hybridized carbons (Fsp3) is 0.222. The van der Waals surface area contributed by atoms with E-state index < -0.39 is 5.41 Å². The standard InChI is InChI=1S/C36H30O2S/c37-34(24-13-3-1-4-14-24)32-31-27-19-9-11-21-29(27)36(23-39-26-17-7-8-18-26,30-22-12-10-20-28(30)31)33(32)35(38)25-15-5-2-6-16-25/h1-6,9-16,19-22,26,31H,7-8,17-18,23H2. The Kier molecular flexibility index (Phi) is 6.12. The molecule has 0 amide bonds. The van der Waals surface area contributed by atoms with Crippen LogP contribution in [-0.4, -0.2) is 22.6 Å². The minimum absolute atomic E-state index is 0.0316. The van der Waals surface area contributed by atoms with E-state index in [1.807, 2.05) is 72.4 Å². The van der Waals surface area contributed by atoms with E-state index in [9.17, 15) is 9.59 Å². The van der Waals surface area contributed by atoms with Crippen LogP contribution in [0.3, 0.4) is 0 Å². The van der Waals surface area contributed by atoms with Crippen molar-refractivity contribution in [1.82, 2.24) is 0 Å². The molecule has 1 saturated carbocycles. The SMILES string of the molecule is O=C(C1=C(C(=O)c2ccccc2)C2(CSC3CCCC3)c3ccccc3C1c1ccccc12)c1ccccc1. The van der Waals surface area contributed by atoms with E-state index in [2.05, 4.69) is 48.5 Å². The van der Waals surface area contributed by atoms with Crippen LogP contribution >= 0.6 is 11.8 Å². The van der Waals surface area contributed by atoms with Gasteiger partial charge >= 0.3 is 0 Å². The van der Waals surface area contributed by atoms with Crippen LogP contribution in [0.4, 0.5) is 0 Å². The van der Waals surface area contributed by atoms with E-state index in [0.717, 1.165) is 16.9 Å². The van der Waals surface area contributed by atoms with Gasteiger partial charge in [0.2, 0.25) is 0 Å². The lowest BCUT2D eigenvalue weighted by Crippen LogP contribution is -2.48. The Hall–Kier alpha value is -3.69. The van der Waals surface area contributed by atoms with Gasteiger partial charge in [-0.1, -0.05) is 122 Å². The number of hydrogen-bond acceptors (Lipinski definition) is 3. The van der Waals surface area contributed by atoms with Gasteiger partial charge in [0.25, 0.3) is 0 Å². The second-order valence-corrected chi connectivity index (χ2v) is 12.2. The normalized spacial score (nSPS) is 21.5. The monoisotopic (exact) mass is 526 g/mol. The van der Waals surface area contributed by atoms with Crippen LogP contribution in [0.2, 0.25) is 0 Å². The molecular formula is C36H30O2S. The molecule has 4 aromatic carbocycles. The second kappa shape index (κ2) is 9.81. The fourth-order valence-electron chi connectivity index (χ4n) is 7.11. The minimum Gasteiger partial charge on any atom is -0.289 e. The Morgan fingerprint density at radius 3 is 1.69 bits per heavy atom. The summed E-state index contributed by atoms with van der Waals surface area (Å²) in [5.41, 5.74) is 6.59. The molecule has 0 aliphatic heterocycles. The zero-order valence-corrected chi connectivity index (χ0v) is 22.6. The lowest BCUT2D eigenvalue weighted by Gasteiger charge is -2.51. The molecule has 0 atom stereocenters. The number of ketones is 2. The molecule has 4 aliphatic rings. The predicted octanol–water partition coefficient (Wildman–Crippen LogP) is 8.17. The lowest BCUT2D eigenvalue weighted by atomic mass is 9.52. The molecule has 2 bridgehead atoms. The Labute approximate surface area is 234 Å². The van der Waals surface area contributed by atoms with Crippen molar-refractivity contribution in [2.24, 2.45) is 0 Å². The Morgan fingerprint density at radius 1 is 0.641 bits per heavy atom. The van der Waals surface area contributed by atoms with Crippen LogP contribution in [0.5, 0.6) is 0 Å². The van der Waals surface area contributed by atoms with E-state index >= 15 is 0 Å². The van der Waals surface area contributed by atoms with E-state index in [4.69, 9.17) is 0 Å². The fourth-order valence-corrected chi connectivity index (χ4v) is 8.71. The number of carbonyl (C=O) groups excluding carboxylic acids is 2.